The van der Waals surface area contributed by atoms with Crippen LogP contribution in [0.5, 0.6) is 0 Å². The third kappa shape index (κ3) is 4.18. The molecule has 0 saturated heterocycles. The van der Waals surface area contributed by atoms with Crippen LogP contribution in [-0.2, 0) is 6.42 Å². The van der Waals surface area contributed by atoms with E-state index in [1.54, 1.807) is 0 Å². The Balaban J connectivity index is 2.25. The summed E-state index contributed by atoms with van der Waals surface area (Å²) in [7, 11) is 0. The van der Waals surface area contributed by atoms with Crippen molar-refractivity contribution in [1.29, 1.82) is 0 Å². The van der Waals surface area contributed by atoms with E-state index in [-0.39, 0.29) is 0 Å². The first kappa shape index (κ1) is 13.0. The lowest BCUT2D eigenvalue weighted by Gasteiger charge is -2.17. The van der Waals surface area contributed by atoms with Gasteiger partial charge < -0.3 is 14.7 Å². The van der Waals surface area contributed by atoms with E-state index in [1.165, 1.54) is 0 Å². The molecule has 16 heavy (non-hydrogen) atoms. The highest BCUT2D eigenvalue weighted by Gasteiger charge is 2.04. The summed E-state index contributed by atoms with van der Waals surface area (Å²) < 4.78 is 5.08. The number of rotatable bonds is 8. The summed E-state index contributed by atoms with van der Waals surface area (Å²) in [6, 6.07) is 0.538. The first-order valence-corrected chi connectivity index (χ1v) is 6.08. The van der Waals surface area contributed by atoms with E-state index >= 15 is 0 Å². The van der Waals surface area contributed by atoms with Crippen molar-refractivity contribution in [2.45, 2.75) is 33.6 Å². The number of nitrogens with zero attached hydrogens (tertiary/aromatic N) is 3. The first-order valence-electron chi connectivity index (χ1n) is 6.08. The van der Waals surface area contributed by atoms with Gasteiger partial charge in [-0.15, -0.1) is 0 Å². The third-order valence-electron chi connectivity index (χ3n) is 2.54. The maximum Gasteiger partial charge on any atom is 0.321 e. The van der Waals surface area contributed by atoms with Crippen LogP contribution in [0.2, 0.25) is 0 Å². The maximum atomic E-state index is 5.08. The van der Waals surface area contributed by atoms with Crippen LogP contribution >= 0.6 is 0 Å². The molecule has 0 radical (unpaired) electrons. The Bertz CT molecular complexity index is 283. The zero-order chi connectivity index (χ0) is 11.8. The Morgan fingerprint density at radius 1 is 1.25 bits per heavy atom. The highest BCUT2D eigenvalue weighted by atomic mass is 16.5. The predicted octanol–water partition coefficient (Wildman–Crippen LogP) is 1.78. The average molecular weight is 226 g/mol. The summed E-state index contributed by atoms with van der Waals surface area (Å²) >= 11 is 0. The van der Waals surface area contributed by atoms with Crippen molar-refractivity contribution in [2.75, 3.05) is 31.5 Å². The summed E-state index contributed by atoms with van der Waals surface area (Å²) in [5.74, 6) is 0.785. The van der Waals surface area contributed by atoms with E-state index < -0.39 is 0 Å². The van der Waals surface area contributed by atoms with Crippen LogP contribution in [0.25, 0.3) is 0 Å². The van der Waals surface area contributed by atoms with Gasteiger partial charge in [0.25, 0.3) is 0 Å². The van der Waals surface area contributed by atoms with Crippen LogP contribution in [0, 0.1) is 0 Å². The fraction of sp³-hybridized carbons (Fsp3) is 0.818. The fourth-order valence-electron chi connectivity index (χ4n) is 1.51. The molecule has 0 aliphatic heterocycles. The Labute approximate surface area is 97.2 Å². The first-order chi connectivity index (χ1) is 7.80. The smallest absolute Gasteiger partial charge is 0.321 e. The molecule has 1 aromatic heterocycles. The molecule has 0 amide bonds. The molecule has 0 bridgehead atoms. The van der Waals surface area contributed by atoms with E-state index in [1.807, 2.05) is 0 Å². The van der Waals surface area contributed by atoms with Gasteiger partial charge in [0.2, 0.25) is 0 Å². The van der Waals surface area contributed by atoms with Gasteiger partial charge in [0.05, 0.1) is 0 Å². The summed E-state index contributed by atoms with van der Waals surface area (Å²) in [6.07, 6.45) is 1.92. The number of nitrogens with one attached hydrogen (secondary N) is 1. The second kappa shape index (κ2) is 7.22. The highest BCUT2D eigenvalue weighted by Crippen LogP contribution is 2.04. The minimum atomic E-state index is 0.538. The number of anilines is 1. The largest absolute Gasteiger partial charge is 0.336 e. The summed E-state index contributed by atoms with van der Waals surface area (Å²) in [5.41, 5.74) is 0. The van der Waals surface area contributed by atoms with Crippen LogP contribution in [0.4, 0.5) is 6.01 Å². The molecule has 0 aliphatic rings. The molecule has 0 saturated carbocycles. The predicted molar refractivity (Wildman–Crippen MR) is 64.6 cm³/mol. The molecular weight excluding hydrogens is 204 g/mol. The van der Waals surface area contributed by atoms with Crippen molar-refractivity contribution in [3.8, 4) is 0 Å². The second-order valence-corrected chi connectivity index (χ2v) is 3.72. The normalized spacial score (nSPS) is 11.0. The standard InChI is InChI=1S/C11H22N4O/c1-4-7-10-13-11(16-14-10)12-8-9-15(5-2)6-3/h4-9H2,1-3H3,(H,12,13,14). The number of hydrogen-bond acceptors (Lipinski definition) is 5. The molecule has 1 N–H and O–H groups in total. The van der Waals surface area contributed by atoms with Crippen LogP contribution in [0.15, 0.2) is 4.52 Å². The van der Waals surface area contributed by atoms with Gasteiger partial charge in [0.15, 0.2) is 5.82 Å². The Morgan fingerprint density at radius 2 is 2.00 bits per heavy atom. The van der Waals surface area contributed by atoms with E-state index in [4.69, 9.17) is 4.52 Å². The number of aromatic nitrogens is 2. The van der Waals surface area contributed by atoms with Gasteiger partial charge >= 0.3 is 6.01 Å². The summed E-state index contributed by atoms with van der Waals surface area (Å²) in [5, 5.41) is 7.02. The second-order valence-electron chi connectivity index (χ2n) is 3.72. The van der Waals surface area contributed by atoms with E-state index in [0.29, 0.717) is 6.01 Å². The van der Waals surface area contributed by atoms with Crippen molar-refractivity contribution in [1.82, 2.24) is 15.0 Å². The summed E-state index contributed by atoms with van der Waals surface area (Å²) in [4.78, 5) is 6.58. The molecule has 0 atom stereocenters. The zero-order valence-electron chi connectivity index (χ0n) is 10.5. The molecule has 1 heterocycles. The lowest BCUT2D eigenvalue weighted by atomic mass is 10.3. The van der Waals surface area contributed by atoms with Gasteiger partial charge in [-0.25, -0.2) is 0 Å². The third-order valence-corrected chi connectivity index (χ3v) is 2.54. The SMILES string of the molecule is CCCc1noc(NCCN(CC)CC)n1. The Kier molecular flexibility index (Phi) is 5.85. The lowest BCUT2D eigenvalue weighted by molar-refractivity contribution is 0.314. The van der Waals surface area contributed by atoms with E-state index in [2.05, 4.69) is 41.1 Å². The molecular formula is C11H22N4O. The molecule has 1 aromatic rings. The topological polar surface area (TPSA) is 54.2 Å². The number of aryl methyl sites for hydroxylation is 1. The van der Waals surface area contributed by atoms with Gasteiger partial charge in [-0.1, -0.05) is 25.9 Å². The molecule has 0 aliphatic carbocycles. The van der Waals surface area contributed by atoms with Crippen molar-refractivity contribution < 1.29 is 4.52 Å². The molecule has 92 valence electrons. The van der Waals surface area contributed by atoms with Crippen molar-refractivity contribution in [3.63, 3.8) is 0 Å². The van der Waals surface area contributed by atoms with Gasteiger partial charge in [-0.05, 0) is 19.5 Å². The molecule has 0 fully saturated rings. The molecule has 0 unspecified atom stereocenters. The van der Waals surface area contributed by atoms with Crippen molar-refractivity contribution >= 4 is 6.01 Å². The van der Waals surface area contributed by atoms with Gasteiger partial charge in [0.1, 0.15) is 0 Å². The van der Waals surface area contributed by atoms with Gasteiger partial charge in [-0.2, -0.15) is 4.98 Å². The molecule has 5 nitrogen and oxygen atoms in total. The van der Waals surface area contributed by atoms with Crippen LogP contribution in [-0.4, -0.2) is 41.2 Å². The van der Waals surface area contributed by atoms with Crippen LogP contribution < -0.4 is 5.32 Å². The highest BCUT2D eigenvalue weighted by molar-refractivity contribution is 5.17. The molecule has 5 heteroatoms. The minimum Gasteiger partial charge on any atom is -0.336 e. The average Bonchev–Trinajstić information content (AvgIpc) is 2.73. The Morgan fingerprint density at radius 3 is 2.62 bits per heavy atom. The van der Waals surface area contributed by atoms with Crippen LogP contribution in [0.3, 0.4) is 0 Å². The Hall–Kier alpha value is -1.10. The molecule has 0 spiro atoms. The van der Waals surface area contributed by atoms with E-state index in [9.17, 15) is 0 Å². The van der Waals surface area contributed by atoms with Crippen LogP contribution in [0.1, 0.15) is 33.0 Å². The molecule has 0 aromatic carbocycles. The molecule has 1 rings (SSSR count). The van der Waals surface area contributed by atoms with E-state index in [0.717, 1.165) is 44.8 Å². The lowest BCUT2D eigenvalue weighted by Crippen LogP contribution is -2.28. The number of hydrogen-bond donors (Lipinski definition) is 1. The monoisotopic (exact) mass is 226 g/mol. The zero-order valence-corrected chi connectivity index (χ0v) is 10.5. The maximum absolute atomic E-state index is 5.08. The minimum absolute atomic E-state index is 0.538. The quantitative estimate of drug-likeness (QED) is 0.732. The van der Waals surface area contributed by atoms with Crippen molar-refractivity contribution in [2.24, 2.45) is 0 Å². The van der Waals surface area contributed by atoms with Gasteiger partial charge in [-0.3, -0.25) is 0 Å². The summed E-state index contributed by atoms with van der Waals surface area (Å²) in [6.45, 7) is 10.4. The van der Waals surface area contributed by atoms with Gasteiger partial charge in [0, 0.05) is 19.5 Å². The fourth-order valence-corrected chi connectivity index (χ4v) is 1.51. The van der Waals surface area contributed by atoms with Crippen molar-refractivity contribution in [3.05, 3.63) is 5.82 Å². The number of likely N-dealkylation sites (N-methyl/N-ethyl adjacent to an activating group) is 1.